The average Bonchev–Trinajstić information content (AvgIpc) is 3.39. The van der Waals surface area contributed by atoms with Gasteiger partial charge in [-0.1, -0.05) is 40.6 Å². The minimum absolute atomic E-state index is 0.129. The molecule has 1 amide bonds. The van der Waals surface area contributed by atoms with Crippen LogP contribution in [0.25, 0.3) is 0 Å². The highest BCUT2D eigenvalue weighted by molar-refractivity contribution is 5.91. The molecule has 4 rings (SSSR count). The smallest absolute Gasteiger partial charge is 0.258 e. The van der Waals surface area contributed by atoms with Gasteiger partial charge in [0.25, 0.3) is 5.89 Å². The number of methoxy groups -OCH3 is 1. The minimum atomic E-state index is -0.627. The van der Waals surface area contributed by atoms with Crippen molar-refractivity contribution in [2.24, 2.45) is 0 Å². The molecule has 9 nitrogen and oxygen atoms in total. The molecule has 30 heavy (non-hydrogen) atoms. The molecule has 3 aromatic rings. The van der Waals surface area contributed by atoms with E-state index in [0.29, 0.717) is 55.6 Å². The number of likely N-dealkylation sites (tertiary alicyclic amines) is 1. The molecule has 0 saturated carbocycles. The van der Waals surface area contributed by atoms with Gasteiger partial charge >= 0.3 is 0 Å². The van der Waals surface area contributed by atoms with Crippen molar-refractivity contribution < 1.29 is 18.6 Å². The number of aryl methyl sites for hydroxylation is 1. The van der Waals surface area contributed by atoms with Gasteiger partial charge in [0.2, 0.25) is 5.91 Å². The molecule has 0 bridgehead atoms. The number of rotatable bonds is 7. The summed E-state index contributed by atoms with van der Waals surface area (Å²) >= 11 is 0. The van der Waals surface area contributed by atoms with Crippen LogP contribution in [0, 0.1) is 6.92 Å². The van der Waals surface area contributed by atoms with Crippen LogP contribution in [-0.4, -0.2) is 52.8 Å². The van der Waals surface area contributed by atoms with E-state index in [2.05, 4.69) is 25.5 Å². The molecule has 0 radical (unpaired) electrons. The number of carbonyl (C=O) groups excluding carboxylic acids is 1. The molecule has 158 valence electrons. The number of benzene rings is 1. The highest BCUT2D eigenvalue weighted by atomic mass is 16.5. The van der Waals surface area contributed by atoms with Gasteiger partial charge in [0.15, 0.2) is 11.6 Å². The Morgan fingerprint density at radius 3 is 2.63 bits per heavy atom. The molecule has 0 aliphatic carbocycles. The summed E-state index contributed by atoms with van der Waals surface area (Å²) in [7, 11) is 1.66. The summed E-state index contributed by atoms with van der Waals surface area (Å²) in [6.07, 6.45) is 1.93. The van der Waals surface area contributed by atoms with E-state index in [9.17, 15) is 4.79 Å². The van der Waals surface area contributed by atoms with E-state index in [-0.39, 0.29) is 12.5 Å². The first-order valence-electron chi connectivity index (χ1n) is 9.94. The molecule has 0 spiro atoms. The Labute approximate surface area is 174 Å². The third-order valence-corrected chi connectivity index (χ3v) is 5.38. The maximum Gasteiger partial charge on any atom is 0.258 e. The fraction of sp³-hybridized carbons (Fsp3) is 0.429. The fourth-order valence-corrected chi connectivity index (χ4v) is 3.68. The van der Waals surface area contributed by atoms with Crippen LogP contribution in [0.1, 0.15) is 35.9 Å². The Balaban J connectivity index is 1.34. The SMILES string of the molecule is COC1(c2nc(Cc3ccccc3)no2)CCN(CC(=O)Nc2cc(C)on2)CC1. The number of amides is 1. The lowest BCUT2D eigenvalue weighted by molar-refractivity contribution is -0.120. The van der Waals surface area contributed by atoms with Crippen molar-refractivity contribution in [3.05, 3.63) is 59.4 Å². The van der Waals surface area contributed by atoms with Crippen molar-refractivity contribution in [2.75, 3.05) is 32.1 Å². The van der Waals surface area contributed by atoms with Crippen LogP contribution in [0.5, 0.6) is 0 Å². The molecular weight excluding hydrogens is 386 g/mol. The molecule has 0 unspecified atom stereocenters. The summed E-state index contributed by atoms with van der Waals surface area (Å²) in [5.41, 5.74) is 0.498. The number of ether oxygens (including phenoxy) is 1. The van der Waals surface area contributed by atoms with Gasteiger partial charge in [0.05, 0.1) is 6.54 Å². The predicted molar refractivity (Wildman–Crippen MR) is 108 cm³/mol. The molecule has 3 heterocycles. The van der Waals surface area contributed by atoms with Crippen LogP contribution in [0.15, 0.2) is 45.4 Å². The van der Waals surface area contributed by atoms with Crippen molar-refractivity contribution >= 4 is 11.7 Å². The predicted octanol–water partition coefficient (Wildman–Crippen LogP) is 2.53. The lowest BCUT2D eigenvalue weighted by atomic mass is 9.91. The molecule has 2 aromatic heterocycles. The van der Waals surface area contributed by atoms with E-state index in [0.717, 1.165) is 5.56 Å². The standard InChI is InChI=1S/C21H25N5O4/c1-15-12-17(24-29-15)22-19(27)14-26-10-8-21(28-2,9-11-26)20-23-18(25-30-20)13-16-6-4-3-5-7-16/h3-7,12H,8-11,13-14H2,1-2H3,(H,22,24,27). The third-order valence-electron chi connectivity index (χ3n) is 5.38. The normalized spacial score (nSPS) is 16.5. The summed E-state index contributed by atoms with van der Waals surface area (Å²) in [6, 6.07) is 11.7. The molecule has 9 heteroatoms. The molecule has 1 aromatic carbocycles. The van der Waals surface area contributed by atoms with E-state index in [1.54, 1.807) is 20.1 Å². The second kappa shape index (κ2) is 8.76. The summed E-state index contributed by atoms with van der Waals surface area (Å²) in [5, 5.41) is 10.7. The minimum Gasteiger partial charge on any atom is -0.368 e. The number of hydrogen-bond acceptors (Lipinski definition) is 8. The van der Waals surface area contributed by atoms with Gasteiger partial charge in [-0.25, -0.2) is 0 Å². The van der Waals surface area contributed by atoms with Gasteiger partial charge in [0.1, 0.15) is 11.4 Å². The van der Waals surface area contributed by atoms with E-state index < -0.39 is 5.60 Å². The van der Waals surface area contributed by atoms with Crippen LogP contribution in [-0.2, 0) is 21.6 Å². The quantitative estimate of drug-likeness (QED) is 0.632. The number of piperidine rings is 1. The molecule has 1 N–H and O–H groups in total. The molecule has 0 atom stereocenters. The number of nitrogens with one attached hydrogen (secondary N) is 1. The van der Waals surface area contributed by atoms with Crippen LogP contribution >= 0.6 is 0 Å². The maximum absolute atomic E-state index is 12.3. The van der Waals surface area contributed by atoms with Crippen LogP contribution in [0.4, 0.5) is 5.82 Å². The average molecular weight is 411 g/mol. The lowest BCUT2D eigenvalue weighted by Crippen LogP contribution is -2.46. The Hall–Kier alpha value is -3.04. The molecular formula is C21H25N5O4. The molecule has 1 fully saturated rings. The van der Waals surface area contributed by atoms with E-state index in [4.69, 9.17) is 13.8 Å². The zero-order valence-corrected chi connectivity index (χ0v) is 17.1. The molecule has 1 aliphatic heterocycles. The maximum atomic E-state index is 12.3. The number of aromatic nitrogens is 3. The van der Waals surface area contributed by atoms with Gasteiger partial charge in [-0.2, -0.15) is 4.98 Å². The first-order valence-corrected chi connectivity index (χ1v) is 9.94. The zero-order chi connectivity index (χ0) is 21.0. The second-order valence-electron chi connectivity index (χ2n) is 7.52. The number of carbonyl (C=O) groups is 1. The largest absolute Gasteiger partial charge is 0.368 e. The van der Waals surface area contributed by atoms with E-state index in [1.807, 2.05) is 30.3 Å². The molecule has 1 aliphatic rings. The number of hydrogen-bond donors (Lipinski definition) is 1. The first kappa shape index (κ1) is 20.2. The Morgan fingerprint density at radius 2 is 1.97 bits per heavy atom. The first-order chi connectivity index (χ1) is 14.6. The van der Waals surface area contributed by atoms with Crippen LogP contribution in [0.2, 0.25) is 0 Å². The topological polar surface area (TPSA) is 107 Å². The Morgan fingerprint density at radius 1 is 1.20 bits per heavy atom. The summed E-state index contributed by atoms with van der Waals surface area (Å²) in [6.45, 7) is 3.40. The van der Waals surface area contributed by atoms with Crippen molar-refractivity contribution in [2.45, 2.75) is 31.8 Å². The van der Waals surface area contributed by atoms with Crippen molar-refractivity contribution in [3.8, 4) is 0 Å². The van der Waals surface area contributed by atoms with Gasteiger partial charge < -0.3 is 19.1 Å². The number of nitrogens with zero attached hydrogens (tertiary/aromatic N) is 4. The van der Waals surface area contributed by atoms with E-state index in [1.165, 1.54) is 0 Å². The number of anilines is 1. The van der Waals surface area contributed by atoms with Crippen molar-refractivity contribution in [3.63, 3.8) is 0 Å². The van der Waals surface area contributed by atoms with Gasteiger partial charge in [0, 0.05) is 32.7 Å². The molecule has 1 saturated heterocycles. The third kappa shape index (κ3) is 4.58. The van der Waals surface area contributed by atoms with Gasteiger partial charge in [-0.3, -0.25) is 9.69 Å². The summed E-state index contributed by atoms with van der Waals surface area (Å²) in [4.78, 5) is 18.9. The second-order valence-corrected chi connectivity index (χ2v) is 7.52. The monoisotopic (exact) mass is 411 g/mol. The van der Waals surface area contributed by atoms with Gasteiger partial charge in [-0.05, 0) is 25.3 Å². The van der Waals surface area contributed by atoms with Crippen LogP contribution in [0.3, 0.4) is 0 Å². The van der Waals surface area contributed by atoms with Gasteiger partial charge in [-0.15, -0.1) is 0 Å². The Kier molecular flexibility index (Phi) is 5.91. The Bertz CT molecular complexity index is 976. The zero-order valence-electron chi connectivity index (χ0n) is 17.1. The van der Waals surface area contributed by atoms with E-state index >= 15 is 0 Å². The lowest BCUT2D eigenvalue weighted by Gasteiger charge is -2.37. The fourth-order valence-electron chi connectivity index (χ4n) is 3.68. The van der Waals surface area contributed by atoms with Crippen molar-refractivity contribution in [1.29, 1.82) is 0 Å². The highest BCUT2D eigenvalue weighted by Crippen LogP contribution is 2.35. The highest BCUT2D eigenvalue weighted by Gasteiger charge is 2.41. The summed E-state index contributed by atoms with van der Waals surface area (Å²) < 4.78 is 16.4. The van der Waals surface area contributed by atoms with Crippen LogP contribution < -0.4 is 5.32 Å². The van der Waals surface area contributed by atoms with Crippen molar-refractivity contribution in [1.82, 2.24) is 20.2 Å². The summed E-state index contributed by atoms with van der Waals surface area (Å²) in [5.74, 6) is 2.09.